The second-order valence-corrected chi connectivity index (χ2v) is 7.38. The van der Waals surface area contributed by atoms with E-state index in [2.05, 4.69) is 10.3 Å². The number of anilines is 1. The van der Waals surface area contributed by atoms with E-state index in [9.17, 15) is 23.1 Å². The van der Waals surface area contributed by atoms with Crippen LogP contribution in [-0.4, -0.2) is 66.3 Å². The fourth-order valence-corrected chi connectivity index (χ4v) is 3.83. The van der Waals surface area contributed by atoms with Crippen LogP contribution in [0.4, 0.5) is 19.0 Å². The van der Waals surface area contributed by atoms with E-state index in [1.54, 1.807) is 0 Å². The molecule has 0 aromatic carbocycles. The molecule has 6 nitrogen and oxygen atoms in total. The number of alkyl halides is 3. The van der Waals surface area contributed by atoms with Crippen LogP contribution in [0.1, 0.15) is 24.8 Å². The maximum absolute atomic E-state index is 12.6. The Bertz CT molecular complexity index is 645. The summed E-state index contributed by atoms with van der Waals surface area (Å²) < 4.78 is 37.9. The lowest BCUT2D eigenvalue weighted by atomic mass is 9.95. The van der Waals surface area contributed by atoms with Crippen LogP contribution >= 0.6 is 0 Å². The van der Waals surface area contributed by atoms with Gasteiger partial charge < -0.3 is 15.3 Å². The highest BCUT2D eigenvalue weighted by atomic mass is 19.4. The molecule has 1 aromatic rings. The van der Waals surface area contributed by atoms with Gasteiger partial charge in [0.1, 0.15) is 5.82 Å². The fraction of sp³-hybridized carbons (Fsp3) is 0.667. The summed E-state index contributed by atoms with van der Waals surface area (Å²) in [5.41, 5.74) is -0.761. The standard InChI is InChI=1S/C18H25F3N4O2/c1-24-10-14(8-15(24)11-26)23-17(27)12-4-6-25(7-5-12)16-3-2-13(9-22-16)18(19,20)21/h2-3,9,12,14-15,26H,4-8,10-11H2,1H3,(H,23,27). The molecule has 2 fully saturated rings. The summed E-state index contributed by atoms with van der Waals surface area (Å²) in [4.78, 5) is 20.4. The van der Waals surface area contributed by atoms with E-state index in [0.717, 1.165) is 25.2 Å². The molecule has 3 rings (SSSR count). The number of likely N-dealkylation sites (tertiary alicyclic amines) is 1. The van der Waals surface area contributed by atoms with E-state index in [0.29, 0.717) is 31.7 Å². The van der Waals surface area contributed by atoms with Gasteiger partial charge in [-0.1, -0.05) is 0 Å². The van der Waals surface area contributed by atoms with Gasteiger partial charge in [-0.2, -0.15) is 13.2 Å². The smallest absolute Gasteiger partial charge is 0.395 e. The van der Waals surface area contributed by atoms with Crippen LogP contribution in [-0.2, 0) is 11.0 Å². The number of hydrogen-bond acceptors (Lipinski definition) is 5. The zero-order valence-corrected chi connectivity index (χ0v) is 15.2. The molecule has 0 spiro atoms. The van der Waals surface area contributed by atoms with Crippen LogP contribution in [0.25, 0.3) is 0 Å². The first-order valence-corrected chi connectivity index (χ1v) is 9.17. The van der Waals surface area contributed by atoms with Crippen LogP contribution in [0.5, 0.6) is 0 Å². The van der Waals surface area contributed by atoms with Crippen molar-refractivity contribution in [2.24, 2.45) is 5.92 Å². The molecular weight excluding hydrogens is 361 g/mol. The van der Waals surface area contributed by atoms with E-state index >= 15 is 0 Å². The van der Waals surface area contributed by atoms with E-state index in [4.69, 9.17) is 0 Å². The Morgan fingerprint density at radius 2 is 2.04 bits per heavy atom. The van der Waals surface area contributed by atoms with Crippen molar-refractivity contribution in [1.29, 1.82) is 0 Å². The third-order valence-corrected chi connectivity index (χ3v) is 5.51. The van der Waals surface area contributed by atoms with Gasteiger partial charge in [-0.05, 0) is 38.4 Å². The quantitative estimate of drug-likeness (QED) is 0.821. The predicted molar refractivity (Wildman–Crippen MR) is 94.2 cm³/mol. The largest absolute Gasteiger partial charge is 0.417 e. The van der Waals surface area contributed by atoms with Crippen molar-refractivity contribution in [3.8, 4) is 0 Å². The Morgan fingerprint density at radius 3 is 2.56 bits per heavy atom. The summed E-state index contributed by atoms with van der Waals surface area (Å²) in [6.45, 7) is 1.98. The highest BCUT2D eigenvalue weighted by Gasteiger charge is 2.33. The lowest BCUT2D eigenvalue weighted by Crippen LogP contribution is -2.44. The number of aromatic nitrogens is 1. The van der Waals surface area contributed by atoms with Crippen LogP contribution in [0.15, 0.2) is 18.3 Å². The van der Waals surface area contributed by atoms with Crippen molar-refractivity contribution in [2.45, 2.75) is 37.5 Å². The summed E-state index contributed by atoms with van der Waals surface area (Å²) in [5.74, 6) is 0.422. The molecule has 150 valence electrons. The molecule has 3 heterocycles. The lowest BCUT2D eigenvalue weighted by molar-refractivity contribution is -0.137. The second-order valence-electron chi connectivity index (χ2n) is 7.38. The Balaban J connectivity index is 1.49. The van der Waals surface area contributed by atoms with Gasteiger partial charge in [0, 0.05) is 43.8 Å². The van der Waals surface area contributed by atoms with Crippen molar-refractivity contribution < 1.29 is 23.1 Å². The molecule has 2 N–H and O–H groups in total. The van der Waals surface area contributed by atoms with Gasteiger partial charge in [0.25, 0.3) is 0 Å². The summed E-state index contributed by atoms with van der Waals surface area (Å²) in [7, 11) is 1.93. The van der Waals surface area contributed by atoms with Gasteiger partial charge in [0.15, 0.2) is 0 Å². The Labute approximate surface area is 156 Å². The normalized spacial score (nSPS) is 25.0. The molecule has 2 unspecified atom stereocenters. The topological polar surface area (TPSA) is 68.7 Å². The van der Waals surface area contributed by atoms with Crippen molar-refractivity contribution in [2.75, 3.05) is 38.2 Å². The summed E-state index contributed by atoms with van der Waals surface area (Å²) in [6, 6.07) is 2.55. The van der Waals surface area contributed by atoms with Crippen LogP contribution in [0.2, 0.25) is 0 Å². The van der Waals surface area contributed by atoms with E-state index in [1.165, 1.54) is 6.07 Å². The Morgan fingerprint density at radius 1 is 1.33 bits per heavy atom. The van der Waals surface area contributed by atoms with Gasteiger partial charge in [-0.15, -0.1) is 0 Å². The van der Waals surface area contributed by atoms with E-state index in [1.807, 2.05) is 16.8 Å². The molecule has 1 amide bonds. The first-order chi connectivity index (χ1) is 12.8. The zero-order valence-electron chi connectivity index (χ0n) is 15.2. The molecule has 0 aliphatic carbocycles. The summed E-state index contributed by atoms with van der Waals surface area (Å²) in [6.07, 6.45) is -1.52. The maximum Gasteiger partial charge on any atom is 0.417 e. The number of hydrogen-bond donors (Lipinski definition) is 2. The summed E-state index contributed by atoms with van der Waals surface area (Å²) >= 11 is 0. The molecule has 0 radical (unpaired) electrons. The lowest BCUT2D eigenvalue weighted by Gasteiger charge is -2.32. The third-order valence-electron chi connectivity index (χ3n) is 5.51. The third kappa shape index (κ3) is 4.70. The molecule has 27 heavy (non-hydrogen) atoms. The van der Waals surface area contributed by atoms with E-state index in [-0.39, 0.29) is 30.5 Å². The minimum atomic E-state index is -4.39. The molecule has 0 saturated carbocycles. The number of nitrogens with zero attached hydrogens (tertiary/aromatic N) is 3. The van der Waals surface area contributed by atoms with Crippen molar-refractivity contribution in [3.05, 3.63) is 23.9 Å². The first kappa shape index (κ1) is 19.9. The maximum atomic E-state index is 12.6. The minimum absolute atomic E-state index is 0.0204. The monoisotopic (exact) mass is 386 g/mol. The molecule has 1 aromatic heterocycles. The number of carbonyl (C=O) groups excluding carboxylic acids is 1. The van der Waals surface area contributed by atoms with Crippen molar-refractivity contribution >= 4 is 11.7 Å². The minimum Gasteiger partial charge on any atom is -0.395 e. The average molecular weight is 386 g/mol. The SMILES string of the molecule is CN1CC(NC(=O)C2CCN(c3ccc(C(F)(F)F)cn3)CC2)CC1CO. The highest BCUT2D eigenvalue weighted by Crippen LogP contribution is 2.30. The molecule has 2 aliphatic heterocycles. The molecule has 0 bridgehead atoms. The van der Waals surface area contributed by atoms with Gasteiger partial charge in [0.2, 0.25) is 5.91 Å². The highest BCUT2D eigenvalue weighted by molar-refractivity contribution is 5.79. The number of pyridine rings is 1. The molecule has 2 aliphatic rings. The Hall–Kier alpha value is -1.87. The van der Waals surface area contributed by atoms with Crippen LogP contribution in [0, 0.1) is 5.92 Å². The van der Waals surface area contributed by atoms with Gasteiger partial charge in [0.05, 0.1) is 12.2 Å². The molecular formula is C18H25F3N4O2. The van der Waals surface area contributed by atoms with Gasteiger partial charge >= 0.3 is 6.18 Å². The van der Waals surface area contributed by atoms with Gasteiger partial charge in [-0.25, -0.2) is 4.98 Å². The van der Waals surface area contributed by atoms with Crippen molar-refractivity contribution in [1.82, 2.24) is 15.2 Å². The van der Waals surface area contributed by atoms with E-state index < -0.39 is 11.7 Å². The predicted octanol–water partition coefficient (Wildman–Crippen LogP) is 1.50. The van der Waals surface area contributed by atoms with Gasteiger partial charge in [-0.3, -0.25) is 9.69 Å². The Kier molecular flexibility index (Phi) is 5.90. The number of aliphatic hydroxyl groups is 1. The number of carbonyl (C=O) groups is 1. The number of rotatable bonds is 4. The number of aliphatic hydroxyl groups excluding tert-OH is 1. The molecule has 2 saturated heterocycles. The number of amides is 1. The van der Waals surface area contributed by atoms with Crippen LogP contribution < -0.4 is 10.2 Å². The molecule has 9 heteroatoms. The summed E-state index contributed by atoms with van der Waals surface area (Å²) in [5, 5.41) is 12.4. The fourth-order valence-electron chi connectivity index (χ4n) is 3.83. The second kappa shape index (κ2) is 8.02. The van der Waals surface area contributed by atoms with Crippen molar-refractivity contribution in [3.63, 3.8) is 0 Å². The number of piperidine rings is 1. The number of nitrogens with one attached hydrogen (secondary N) is 1. The number of halogens is 3. The number of likely N-dealkylation sites (N-methyl/N-ethyl adjacent to an activating group) is 1. The van der Waals surface area contributed by atoms with Crippen LogP contribution in [0.3, 0.4) is 0 Å². The zero-order chi connectivity index (χ0) is 19.6. The molecule has 2 atom stereocenters. The average Bonchev–Trinajstić information content (AvgIpc) is 3.00. The first-order valence-electron chi connectivity index (χ1n) is 9.17.